The maximum absolute atomic E-state index is 9.32. The number of aliphatic hydroxyl groups is 4. The fourth-order valence-electron chi connectivity index (χ4n) is 2.08. The summed E-state index contributed by atoms with van der Waals surface area (Å²) in [5.74, 6) is 0. The summed E-state index contributed by atoms with van der Waals surface area (Å²) in [4.78, 5) is 0. The van der Waals surface area contributed by atoms with Crippen LogP contribution in [0, 0.1) is 10.8 Å². The molecular formula is C10H18O4. The number of rotatable bonds is 4. The van der Waals surface area contributed by atoms with Gasteiger partial charge in [0.25, 0.3) is 0 Å². The van der Waals surface area contributed by atoms with Crippen LogP contribution in [0.5, 0.6) is 0 Å². The van der Waals surface area contributed by atoms with E-state index in [1.165, 1.54) is 0 Å². The fraction of sp³-hybridized carbons (Fsp3) is 0.800. The Labute approximate surface area is 83.5 Å². The highest BCUT2D eigenvalue weighted by atomic mass is 16.3. The Morgan fingerprint density at radius 1 is 0.714 bits per heavy atom. The van der Waals surface area contributed by atoms with E-state index in [0.29, 0.717) is 12.8 Å². The summed E-state index contributed by atoms with van der Waals surface area (Å²) in [5.41, 5.74) is -1.60. The first kappa shape index (κ1) is 11.7. The van der Waals surface area contributed by atoms with E-state index in [-0.39, 0.29) is 26.4 Å². The van der Waals surface area contributed by atoms with Crippen molar-refractivity contribution in [1.29, 1.82) is 0 Å². The SMILES string of the molecule is OCC1(CO)CC=CCC1(CO)CO. The van der Waals surface area contributed by atoms with Crippen molar-refractivity contribution in [1.82, 2.24) is 0 Å². The molecule has 0 unspecified atom stereocenters. The van der Waals surface area contributed by atoms with Crippen molar-refractivity contribution < 1.29 is 20.4 Å². The van der Waals surface area contributed by atoms with Crippen molar-refractivity contribution >= 4 is 0 Å². The van der Waals surface area contributed by atoms with Gasteiger partial charge in [-0.25, -0.2) is 0 Å². The molecule has 1 rings (SSSR count). The zero-order valence-electron chi connectivity index (χ0n) is 8.19. The summed E-state index contributed by atoms with van der Waals surface area (Å²) < 4.78 is 0. The minimum absolute atomic E-state index is 0.227. The van der Waals surface area contributed by atoms with Crippen molar-refractivity contribution in [3.05, 3.63) is 12.2 Å². The average molecular weight is 202 g/mol. The molecule has 4 heteroatoms. The van der Waals surface area contributed by atoms with E-state index in [4.69, 9.17) is 0 Å². The molecular weight excluding hydrogens is 184 g/mol. The van der Waals surface area contributed by atoms with E-state index in [9.17, 15) is 20.4 Å². The highest BCUT2D eigenvalue weighted by molar-refractivity contribution is 5.09. The second-order valence-electron chi connectivity index (χ2n) is 4.07. The Balaban J connectivity index is 3.04. The van der Waals surface area contributed by atoms with E-state index in [1.54, 1.807) is 0 Å². The van der Waals surface area contributed by atoms with Crippen LogP contribution in [0.4, 0.5) is 0 Å². The lowest BCUT2D eigenvalue weighted by molar-refractivity contribution is -0.114. The Bertz CT molecular complexity index is 182. The highest BCUT2D eigenvalue weighted by Gasteiger charge is 2.50. The lowest BCUT2D eigenvalue weighted by atomic mass is 9.59. The third kappa shape index (κ3) is 1.48. The van der Waals surface area contributed by atoms with Gasteiger partial charge >= 0.3 is 0 Å². The molecule has 0 spiro atoms. The van der Waals surface area contributed by atoms with Crippen LogP contribution < -0.4 is 0 Å². The molecule has 82 valence electrons. The first-order chi connectivity index (χ1) is 6.70. The van der Waals surface area contributed by atoms with Crippen LogP contribution in [-0.2, 0) is 0 Å². The summed E-state index contributed by atoms with van der Waals surface area (Å²) in [6.07, 6.45) is 4.72. The summed E-state index contributed by atoms with van der Waals surface area (Å²) in [6, 6.07) is 0. The zero-order valence-corrected chi connectivity index (χ0v) is 8.19. The van der Waals surface area contributed by atoms with Gasteiger partial charge < -0.3 is 20.4 Å². The van der Waals surface area contributed by atoms with Gasteiger partial charge in [-0.05, 0) is 12.8 Å². The van der Waals surface area contributed by atoms with Crippen molar-refractivity contribution in [3.8, 4) is 0 Å². The maximum atomic E-state index is 9.32. The summed E-state index contributed by atoms with van der Waals surface area (Å²) in [5, 5.41) is 37.3. The van der Waals surface area contributed by atoms with Gasteiger partial charge in [-0.2, -0.15) is 0 Å². The highest BCUT2D eigenvalue weighted by Crippen LogP contribution is 2.47. The molecule has 0 aliphatic heterocycles. The molecule has 0 aromatic carbocycles. The van der Waals surface area contributed by atoms with Gasteiger partial charge in [0.1, 0.15) is 0 Å². The standard InChI is InChI=1S/C10H18O4/c11-5-9(6-12)3-1-2-4-10(9,7-13)8-14/h1-2,11-14H,3-8H2. The summed E-state index contributed by atoms with van der Waals surface area (Å²) in [6.45, 7) is -0.909. The van der Waals surface area contributed by atoms with Crippen molar-refractivity contribution in [2.24, 2.45) is 10.8 Å². The topological polar surface area (TPSA) is 80.9 Å². The van der Waals surface area contributed by atoms with Crippen LogP contribution in [-0.4, -0.2) is 46.9 Å². The molecule has 0 bridgehead atoms. The first-order valence-electron chi connectivity index (χ1n) is 4.79. The van der Waals surface area contributed by atoms with Crippen LogP contribution in [0.2, 0.25) is 0 Å². The number of hydrogen-bond acceptors (Lipinski definition) is 4. The largest absolute Gasteiger partial charge is 0.396 e. The van der Waals surface area contributed by atoms with E-state index >= 15 is 0 Å². The molecule has 0 atom stereocenters. The summed E-state index contributed by atoms with van der Waals surface area (Å²) >= 11 is 0. The van der Waals surface area contributed by atoms with Gasteiger partial charge in [-0.1, -0.05) is 12.2 Å². The third-order valence-electron chi connectivity index (χ3n) is 3.52. The Kier molecular flexibility index (Phi) is 3.66. The van der Waals surface area contributed by atoms with Gasteiger partial charge in [0.2, 0.25) is 0 Å². The van der Waals surface area contributed by atoms with Gasteiger partial charge in [0.15, 0.2) is 0 Å². The smallest absolute Gasteiger partial charge is 0.0519 e. The molecule has 14 heavy (non-hydrogen) atoms. The lowest BCUT2D eigenvalue weighted by Crippen LogP contribution is -2.53. The predicted octanol–water partition coefficient (Wildman–Crippen LogP) is -0.722. The number of allylic oxidation sites excluding steroid dienone is 2. The second kappa shape index (κ2) is 4.40. The van der Waals surface area contributed by atoms with Crippen LogP contribution in [0.3, 0.4) is 0 Å². The molecule has 1 aliphatic rings. The van der Waals surface area contributed by atoms with Gasteiger partial charge in [0.05, 0.1) is 26.4 Å². The maximum Gasteiger partial charge on any atom is 0.0519 e. The molecule has 4 nitrogen and oxygen atoms in total. The van der Waals surface area contributed by atoms with Crippen LogP contribution in [0.25, 0.3) is 0 Å². The van der Waals surface area contributed by atoms with Gasteiger partial charge in [0, 0.05) is 10.8 Å². The molecule has 0 aromatic heterocycles. The minimum Gasteiger partial charge on any atom is -0.396 e. The first-order valence-corrected chi connectivity index (χ1v) is 4.79. The van der Waals surface area contributed by atoms with Crippen LogP contribution in [0.15, 0.2) is 12.2 Å². The molecule has 1 aliphatic carbocycles. The van der Waals surface area contributed by atoms with Crippen LogP contribution in [0.1, 0.15) is 12.8 Å². The van der Waals surface area contributed by atoms with Crippen molar-refractivity contribution in [2.75, 3.05) is 26.4 Å². The van der Waals surface area contributed by atoms with Gasteiger partial charge in [-0.15, -0.1) is 0 Å². The Hall–Kier alpha value is -0.420. The van der Waals surface area contributed by atoms with Gasteiger partial charge in [-0.3, -0.25) is 0 Å². The molecule has 0 aromatic rings. The molecule has 0 fully saturated rings. The molecule has 0 amide bonds. The molecule has 4 N–H and O–H groups in total. The minimum atomic E-state index is -0.800. The average Bonchev–Trinajstić information content (AvgIpc) is 2.28. The third-order valence-corrected chi connectivity index (χ3v) is 3.52. The molecule has 0 saturated carbocycles. The quantitative estimate of drug-likeness (QED) is 0.453. The summed E-state index contributed by atoms with van der Waals surface area (Å²) in [7, 11) is 0. The van der Waals surface area contributed by atoms with E-state index < -0.39 is 10.8 Å². The zero-order chi connectivity index (χ0) is 10.7. The molecule has 0 heterocycles. The van der Waals surface area contributed by atoms with Crippen molar-refractivity contribution in [2.45, 2.75) is 12.8 Å². The Morgan fingerprint density at radius 3 is 1.21 bits per heavy atom. The normalized spacial score (nSPS) is 23.7. The lowest BCUT2D eigenvalue weighted by Gasteiger charge is -2.48. The van der Waals surface area contributed by atoms with E-state index in [0.717, 1.165) is 0 Å². The monoisotopic (exact) mass is 202 g/mol. The predicted molar refractivity (Wildman–Crippen MR) is 51.6 cm³/mol. The fourth-order valence-corrected chi connectivity index (χ4v) is 2.08. The van der Waals surface area contributed by atoms with Crippen LogP contribution >= 0.6 is 0 Å². The van der Waals surface area contributed by atoms with Crippen molar-refractivity contribution in [3.63, 3.8) is 0 Å². The van der Waals surface area contributed by atoms with E-state index in [2.05, 4.69) is 0 Å². The van der Waals surface area contributed by atoms with E-state index in [1.807, 2.05) is 12.2 Å². The number of aliphatic hydroxyl groups excluding tert-OH is 4. The number of hydrogen-bond donors (Lipinski definition) is 4. The Morgan fingerprint density at radius 2 is 1.00 bits per heavy atom. The molecule has 0 saturated heterocycles. The second-order valence-corrected chi connectivity index (χ2v) is 4.07. The molecule has 0 radical (unpaired) electrons.